The lowest BCUT2D eigenvalue weighted by Crippen LogP contribution is -2.33. The fourth-order valence-corrected chi connectivity index (χ4v) is 2.32. The van der Waals surface area contributed by atoms with Gasteiger partial charge < -0.3 is 5.32 Å². The first kappa shape index (κ1) is 6.66. The molecule has 2 atom stereocenters. The van der Waals surface area contributed by atoms with Crippen LogP contribution in [0.3, 0.4) is 0 Å². The van der Waals surface area contributed by atoms with E-state index in [0.717, 1.165) is 17.9 Å². The smallest absolute Gasteiger partial charge is 0.00749 e. The van der Waals surface area contributed by atoms with Crippen molar-refractivity contribution in [2.75, 3.05) is 0 Å². The minimum Gasteiger partial charge on any atom is -0.312 e. The summed E-state index contributed by atoms with van der Waals surface area (Å²) < 4.78 is 0. The second-order valence-electron chi connectivity index (χ2n) is 4.25. The molecule has 58 valence electrons. The number of hydrogen-bond donors (Lipinski definition) is 1. The molecule has 1 N–H and O–H groups in total. The molecule has 1 heteroatoms. The SMILES string of the molecule is CC(C)NC1CC2CC2C1. The molecule has 1 nitrogen and oxygen atoms in total. The fraction of sp³-hybridized carbons (Fsp3) is 1.00. The molecule has 0 amide bonds. The fourth-order valence-electron chi connectivity index (χ4n) is 2.32. The van der Waals surface area contributed by atoms with E-state index in [2.05, 4.69) is 19.2 Å². The monoisotopic (exact) mass is 139 g/mol. The summed E-state index contributed by atoms with van der Waals surface area (Å²) in [7, 11) is 0. The van der Waals surface area contributed by atoms with Gasteiger partial charge >= 0.3 is 0 Å². The molecule has 2 saturated carbocycles. The van der Waals surface area contributed by atoms with Crippen molar-refractivity contribution >= 4 is 0 Å². The second-order valence-corrected chi connectivity index (χ2v) is 4.25. The number of nitrogens with one attached hydrogen (secondary N) is 1. The molecule has 0 radical (unpaired) electrons. The van der Waals surface area contributed by atoms with Gasteiger partial charge in [-0.15, -0.1) is 0 Å². The predicted octanol–water partition coefficient (Wildman–Crippen LogP) is 1.78. The maximum Gasteiger partial charge on any atom is 0.00749 e. The molecule has 0 bridgehead atoms. The van der Waals surface area contributed by atoms with E-state index in [9.17, 15) is 0 Å². The first-order valence-electron chi connectivity index (χ1n) is 4.51. The van der Waals surface area contributed by atoms with Crippen LogP contribution in [0.5, 0.6) is 0 Å². The van der Waals surface area contributed by atoms with Gasteiger partial charge in [0, 0.05) is 12.1 Å². The van der Waals surface area contributed by atoms with Gasteiger partial charge in [-0.2, -0.15) is 0 Å². The summed E-state index contributed by atoms with van der Waals surface area (Å²) in [5.74, 6) is 2.24. The van der Waals surface area contributed by atoms with Gasteiger partial charge in [0.15, 0.2) is 0 Å². The summed E-state index contributed by atoms with van der Waals surface area (Å²) in [6.45, 7) is 4.48. The van der Waals surface area contributed by atoms with Crippen molar-refractivity contribution < 1.29 is 0 Å². The molecular weight excluding hydrogens is 122 g/mol. The Morgan fingerprint density at radius 3 is 2.20 bits per heavy atom. The molecule has 2 aliphatic carbocycles. The summed E-state index contributed by atoms with van der Waals surface area (Å²) >= 11 is 0. The van der Waals surface area contributed by atoms with Gasteiger partial charge in [0.2, 0.25) is 0 Å². The Morgan fingerprint density at radius 2 is 1.70 bits per heavy atom. The molecule has 0 saturated heterocycles. The standard InChI is InChI=1S/C9H17N/c1-6(2)10-9-4-7-3-8(7)5-9/h6-10H,3-5H2,1-2H3. The topological polar surface area (TPSA) is 12.0 Å². The summed E-state index contributed by atoms with van der Waals surface area (Å²) in [5.41, 5.74) is 0. The summed E-state index contributed by atoms with van der Waals surface area (Å²) in [5, 5.41) is 3.60. The summed E-state index contributed by atoms with van der Waals surface area (Å²) in [4.78, 5) is 0. The van der Waals surface area contributed by atoms with Crippen LogP contribution in [-0.4, -0.2) is 12.1 Å². The predicted molar refractivity (Wildman–Crippen MR) is 42.9 cm³/mol. The number of hydrogen-bond acceptors (Lipinski definition) is 1. The number of fused-ring (bicyclic) bond motifs is 1. The zero-order valence-electron chi connectivity index (χ0n) is 6.93. The highest BCUT2D eigenvalue weighted by molar-refractivity contribution is 4.98. The van der Waals surface area contributed by atoms with Crippen LogP contribution in [0.4, 0.5) is 0 Å². The minimum atomic E-state index is 0.683. The van der Waals surface area contributed by atoms with E-state index in [-0.39, 0.29) is 0 Å². The van der Waals surface area contributed by atoms with E-state index < -0.39 is 0 Å². The van der Waals surface area contributed by atoms with Crippen molar-refractivity contribution in [2.45, 2.75) is 45.2 Å². The highest BCUT2D eigenvalue weighted by atomic mass is 15.0. The lowest BCUT2D eigenvalue weighted by atomic mass is 10.1. The Hall–Kier alpha value is -0.0400. The van der Waals surface area contributed by atoms with E-state index in [0.29, 0.717) is 6.04 Å². The zero-order valence-corrected chi connectivity index (χ0v) is 6.93. The maximum atomic E-state index is 3.60. The van der Waals surface area contributed by atoms with Gasteiger partial charge in [-0.25, -0.2) is 0 Å². The largest absolute Gasteiger partial charge is 0.312 e. The first-order valence-corrected chi connectivity index (χ1v) is 4.51. The van der Waals surface area contributed by atoms with Crippen LogP contribution in [-0.2, 0) is 0 Å². The molecule has 2 aliphatic rings. The minimum absolute atomic E-state index is 0.683. The van der Waals surface area contributed by atoms with Crippen LogP contribution < -0.4 is 5.32 Å². The zero-order chi connectivity index (χ0) is 7.14. The van der Waals surface area contributed by atoms with Crippen molar-refractivity contribution in [2.24, 2.45) is 11.8 Å². The molecule has 2 fully saturated rings. The van der Waals surface area contributed by atoms with Crippen molar-refractivity contribution in [1.29, 1.82) is 0 Å². The van der Waals surface area contributed by atoms with Gasteiger partial charge in [-0.05, 0) is 31.1 Å². The lowest BCUT2D eigenvalue weighted by molar-refractivity contribution is 0.439. The van der Waals surface area contributed by atoms with Crippen LogP contribution in [0, 0.1) is 11.8 Å². The number of rotatable bonds is 2. The molecule has 2 unspecified atom stereocenters. The van der Waals surface area contributed by atoms with Crippen molar-refractivity contribution in [3.05, 3.63) is 0 Å². The van der Waals surface area contributed by atoms with E-state index >= 15 is 0 Å². The lowest BCUT2D eigenvalue weighted by Gasteiger charge is -2.16. The van der Waals surface area contributed by atoms with Crippen molar-refractivity contribution in [3.63, 3.8) is 0 Å². The van der Waals surface area contributed by atoms with Gasteiger partial charge in [0.25, 0.3) is 0 Å². The van der Waals surface area contributed by atoms with Crippen molar-refractivity contribution in [1.82, 2.24) is 5.32 Å². The van der Waals surface area contributed by atoms with Crippen LogP contribution in [0.25, 0.3) is 0 Å². The summed E-state index contributed by atoms with van der Waals surface area (Å²) in [6, 6.07) is 1.55. The Morgan fingerprint density at radius 1 is 1.10 bits per heavy atom. The molecule has 0 spiro atoms. The van der Waals surface area contributed by atoms with Gasteiger partial charge in [-0.3, -0.25) is 0 Å². The van der Waals surface area contributed by atoms with Gasteiger partial charge in [0.05, 0.1) is 0 Å². The maximum absolute atomic E-state index is 3.60. The summed E-state index contributed by atoms with van der Waals surface area (Å²) in [6.07, 6.45) is 4.46. The molecular formula is C9H17N. The van der Waals surface area contributed by atoms with Crippen LogP contribution in [0.2, 0.25) is 0 Å². The Balaban J connectivity index is 1.76. The van der Waals surface area contributed by atoms with E-state index in [1.807, 2.05) is 0 Å². The molecule has 0 aliphatic heterocycles. The van der Waals surface area contributed by atoms with Gasteiger partial charge in [-0.1, -0.05) is 13.8 Å². The first-order chi connectivity index (χ1) is 4.75. The average Bonchev–Trinajstić information content (AvgIpc) is 2.39. The highest BCUT2D eigenvalue weighted by Gasteiger charge is 2.45. The second kappa shape index (κ2) is 2.23. The Labute approximate surface area is 63.2 Å². The third-order valence-electron chi connectivity index (χ3n) is 2.81. The average molecular weight is 139 g/mol. The van der Waals surface area contributed by atoms with Crippen LogP contribution >= 0.6 is 0 Å². The van der Waals surface area contributed by atoms with Crippen LogP contribution in [0.15, 0.2) is 0 Å². The van der Waals surface area contributed by atoms with Gasteiger partial charge in [0.1, 0.15) is 0 Å². The Bertz CT molecular complexity index is 121. The molecule has 2 rings (SSSR count). The van der Waals surface area contributed by atoms with Crippen molar-refractivity contribution in [3.8, 4) is 0 Å². The molecule has 0 aromatic heterocycles. The molecule has 0 aromatic carbocycles. The molecule has 0 aromatic rings. The normalized spacial score (nSPS) is 44.1. The van der Waals surface area contributed by atoms with E-state index in [4.69, 9.17) is 0 Å². The third kappa shape index (κ3) is 1.20. The van der Waals surface area contributed by atoms with Crippen LogP contribution in [0.1, 0.15) is 33.1 Å². The quantitative estimate of drug-likeness (QED) is 0.615. The van der Waals surface area contributed by atoms with E-state index in [1.54, 1.807) is 0 Å². The molecule has 10 heavy (non-hydrogen) atoms. The molecule has 0 heterocycles. The van der Waals surface area contributed by atoms with E-state index in [1.165, 1.54) is 19.3 Å². The Kier molecular flexibility index (Phi) is 1.48. The third-order valence-corrected chi connectivity index (χ3v) is 2.81. The highest BCUT2D eigenvalue weighted by Crippen LogP contribution is 2.51.